The molecule has 1 amide bonds. The summed E-state index contributed by atoms with van der Waals surface area (Å²) in [7, 11) is -4.13. The fraction of sp³-hybridized carbons (Fsp3) is 0.400. The molecule has 1 N–H and O–H groups in total. The quantitative estimate of drug-likeness (QED) is 0.844. The highest BCUT2D eigenvalue weighted by atomic mass is 32.2. The first kappa shape index (κ1) is 17.0. The largest absolute Gasteiger partial charge is 0.334 e. The molecule has 138 valence electrons. The van der Waals surface area contributed by atoms with Crippen LogP contribution in [0.1, 0.15) is 23.3 Å². The number of hydrogen-bond donors (Lipinski definition) is 1. The van der Waals surface area contributed by atoms with E-state index in [9.17, 15) is 22.0 Å². The lowest BCUT2D eigenvalue weighted by atomic mass is 10.2. The van der Waals surface area contributed by atoms with Gasteiger partial charge in [0, 0.05) is 31.2 Å². The maximum atomic E-state index is 14.0. The minimum absolute atomic E-state index is 0.191. The average Bonchev–Trinajstić information content (AvgIpc) is 3.21. The van der Waals surface area contributed by atoms with Gasteiger partial charge >= 0.3 is 0 Å². The highest BCUT2D eigenvalue weighted by Gasteiger charge is 2.48. The van der Waals surface area contributed by atoms with Gasteiger partial charge in [-0.1, -0.05) is 5.21 Å². The van der Waals surface area contributed by atoms with Crippen LogP contribution in [0.25, 0.3) is 0 Å². The molecule has 11 heteroatoms. The number of halogens is 2. The Bertz CT molecular complexity index is 936. The van der Waals surface area contributed by atoms with Gasteiger partial charge < -0.3 is 4.90 Å². The molecule has 1 aromatic carbocycles. The number of hydrogen-bond acceptors (Lipinski definition) is 5. The predicted octanol–water partition coefficient (Wildman–Crippen LogP) is 0.761. The lowest BCUT2D eigenvalue weighted by molar-refractivity contribution is 0.0608. The first-order valence-electron chi connectivity index (χ1n) is 8.02. The van der Waals surface area contributed by atoms with Gasteiger partial charge in [0.25, 0.3) is 5.91 Å². The highest BCUT2D eigenvalue weighted by molar-refractivity contribution is 7.89. The predicted molar refractivity (Wildman–Crippen MR) is 84.5 cm³/mol. The number of nitrogens with one attached hydrogen (secondary N) is 1. The number of fused-ring (bicyclic) bond motifs is 2. The molecule has 2 aliphatic rings. The Hall–Kier alpha value is -2.40. The summed E-state index contributed by atoms with van der Waals surface area (Å²) in [5, 5.41) is 9.57. The molecule has 4 rings (SSSR count). The van der Waals surface area contributed by atoms with E-state index in [0.717, 1.165) is 12.1 Å². The molecule has 2 atom stereocenters. The topological polar surface area (TPSA) is 99.3 Å². The zero-order valence-corrected chi connectivity index (χ0v) is 14.3. The molecule has 0 aliphatic carbocycles. The van der Waals surface area contributed by atoms with Crippen molar-refractivity contribution in [3.05, 3.63) is 41.7 Å². The molecule has 2 saturated heterocycles. The molecule has 8 nitrogen and oxygen atoms in total. The van der Waals surface area contributed by atoms with E-state index in [0.29, 0.717) is 18.9 Å². The molecule has 2 aromatic rings. The summed E-state index contributed by atoms with van der Waals surface area (Å²) >= 11 is 0. The summed E-state index contributed by atoms with van der Waals surface area (Å²) in [5.74, 6) is -2.27. The van der Waals surface area contributed by atoms with Crippen LogP contribution in [-0.2, 0) is 10.0 Å². The smallest absolute Gasteiger partial charge is 0.273 e. The standard InChI is InChI=1S/C15H15F2N5O3S/c16-9-1-4-14(12(17)5-9)26(24,25)22-10-2-3-11(22)8-21(7-10)15(23)13-6-18-20-19-13/h1,4-6,10-11H,2-3,7-8H2,(H,18,19,20). The number of carbonyl (C=O) groups is 1. The summed E-state index contributed by atoms with van der Waals surface area (Å²) < 4.78 is 54.3. The van der Waals surface area contributed by atoms with Gasteiger partial charge in [-0.15, -0.1) is 5.10 Å². The van der Waals surface area contributed by atoms with Crippen LogP contribution in [0.4, 0.5) is 8.78 Å². The van der Waals surface area contributed by atoms with Gasteiger partial charge in [-0.05, 0) is 25.0 Å². The summed E-state index contributed by atoms with van der Waals surface area (Å²) in [6.07, 6.45) is 2.44. The molecule has 0 radical (unpaired) electrons. The molecule has 2 bridgehead atoms. The number of sulfonamides is 1. The number of amides is 1. The Labute approximate surface area is 147 Å². The van der Waals surface area contributed by atoms with Gasteiger partial charge in [-0.3, -0.25) is 9.89 Å². The number of benzene rings is 1. The van der Waals surface area contributed by atoms with Crippen LogP contribution < -0.4 is 0 Å². The number of aromatic nitrogens is 3. The number of aromatic amines is 1. The molecule has 0 saturated carbocycles. The SMILES string of the molecule is O=C(c1cnn[nH]1)N1CC2CCC(C1)N2S(=O)(=O)c1ccc(F)cc1F. The minimum atomic E-state index is -4.13. The molecule has 2 unspecified atom stereocenters. The van der Waals surface area contributed by atoms with E-state index >= 15 is 0 Å². The molecule has 0 spiro atoms. The van der Waals surface area contributed by atoms with Crippen LogP contribution >= 0.6 is 0 Å². The third kappa shape index (κ3) is 2.67. The van der Waals surface area contributed by atoms with Crippen molar-refractivity contribution in [2.24, 2.45) is 0 Å². The molecule has 3 heterocycles. The zero-order valence-electron chi connectivity index (χ0n) is 13.5. The molecular formula is C15H15F2N5O3S. The summed E-state index contributed by atoms with van der Waals surface area (Å²) in [6, 6.07) is 1.50. The van der Waals surface area contributed by atoms with Crippen molar-refractivity contribution in [2.45, 2.75) is 29.8 Å². The van der Waals surface area contributed by atoms with Crippen LogP contribution in [0.15, 0.2) is 29.3 Å². The Morgan fingerprint density at radius 1 is 1.19 bits per heavy atom. The Balaban J connectivity index is 1.61. The van der Waals surface area contributed by atoms with Crippen LogP contribution in [0.2, 0.25) is 0 Å². The normalized spacial score (nSPS) is 23.4. The van der Waals surface area contributed by atoms with Crippen molar-refractivity contribution in [1.29, 1.82) is 0 Å². The van der Waals surface area contributed by atoms with Gasteiger partial charge in [0.05, 0.1) is 6.20 Å². The van der Waals surface area contributed by atoms with E-state index in [-0.39, 0.29) is 24.7 Å². The fourth-order valence-electron chi connectivity index (χ4n) is 3.69. The van der Waals surface area contributed by atoms with E-state index in [1.807, 2.05) is 0 Å². The third-order valence-corrected chi connectivity index (χ3v) is 6.84. The molecule has 2 aliphatic heterocycles. The number of H-pyrrole nitrogens is 1. The van der Waals surface area contributed by atoms with Gasteiger partial charge in [0.15, 0.2) is 0 Å². The molecular weight excluding hydrogens is 368 g/mol. The maximum absolute atomic E-state index is 14.0. The van der Waals surface area contributed by atoms with E-state index in [1.165, 1.54) is 10.5 Å². The van der Waals surface area contributed by atoms with Crippen LogP contribution in [0, 0.1) is 11.6 Å². The minimum Gasteiger partial charge on any atom is -0.334 e. The number of nitrogens with zero attached hydrogens (tertiary/aromatic N) is 4. The zero-order chi connectivity index (χ0) is 18.5. The Kier molecular flexibility index (Phi) is 3.99. The van der Waals surface area contributed by atoms with Crippen molar-refractivity contribution in [3.8, 4) is 0 Å². The van der Waals surface area contributed by atoms with Crippen LogP contribution in [-0.4, -0.2) is 64.1 Å². The Morgan fingerprint density at radius 2 is 1.88 bits per heavy atom. The fourth-order valence-corrected chi connectivity index (χ4v) is 5.59. The second-order valence-corrected chi connectivity index (χ2v) is 8.19. The molecule has 1 aromatic heterocycles. The van der Waals surface area contributed by atoms with E-state index in [2.05, 4.69) is 15.4 Å². The van der Waals surface area contributed by atoms with Crippen molar-refractivity contribution in [1.82, 2.24) is 24.6 Å². The Morgan fingerprint density at radius 3 is 2.46 bits per heavy atom. The molecule has 2 fully saturated rings. The van der Waals surface area contributed by atoms with Crippen molar-refractivity contribution in [3.63, 3.8) is 0 Å². The van der Waals surface area contributed by atoms with Gasteiger partial charge in [-0.2, -0.15) is 4.31 Å². The second-order valence-electron chi connectivity index (χ2n) is 6.37. The summed E-state index contributed by atoms with van der Waals surface area (Å²) in [6.45, 7) is 0.382. The maximum Gasteiger partial charge on any atom is 0.273 e. The average molecular weight is 383 g/mol. The van der Waals surface area contributed by atoms with E-state index in [4.69, 9.17) is 0 Å². The van der Waals surface area contributed by atoms with Gasteiger partial charge in [-0.25, -0.2) is 17.2 Å². The van der Waals surface area contributed by atoms with E-state index < -0.39 is 38.6 Å². The lowest BCUT2D eigenvalue weighted by Gasteiger charge is -2.39. The number of likely N-dealkylation sites (tertiary alicyclic amines) is 1. The number of carbonyl (C=O) groups excluding carboxylic acids is 1. The second kappa shape index (κ2) is 6.09. The van der Waals surface area contributed by atoms with Crippen molar-refractivity contribution in [2.75, 3.05) is 13.1 Å². The van der Waals surface area contributed by atoms with E-state index in [1.54, 1.807) is 4.90 Å². The first-order chi connectivity index (χ1) is 12.4. The van der Waals surface area contributed by atoms with Crippen molar-refractivity contribution < 1.29 is 22.0 Å². The van der Waals surface area contributed by atoms with Gasteiger partial charge in [0.1, 0.15) is 22.2 Å². The monoisotopic (exact) mass is 383 g/mol. The van der Waals surface area contributed by atoms with Crippen LogP contribution in [0.3, 0.4) is 0 Å². The van der Waals surface area contributed by atoms with Crippen LogP contribution in [0.5, 0.6) is 0 Å². The lowest BCUT2D eigenvalue weighted by Crippen LogP contribution is -2.57. The summed E-state index contributed by atoms with van der Waals surface area (Å²) in [4.78, 5) is 13.4. The summed E-state index contributed by atoms with van der Waals surface area (Å²) in [5.41, 5.74) is 0.227. The number of piperazine rings is 1. The third-order valence-electron chi connectivity index (χ3n) is 4.80. The van der Waals surface area contributed by atoms with Crippen molar-refractivity contribution >= 4 is 15.9 Å². The first-order valence-corrected chi connectivity index (χ1v) is 9.46. The highest BCUT2D eigenvalue weighted by Crippen LogP contribution is 2.36. The number of rotatable bonds is 3. The molecule has 26 heavy (non-hydrogen) atoms. The van der Waals surface area contributed by atoms with Gasteiger partial charge in [0.2, 0.25) is 10.0 Å².